The third-order valence-electron chi connectivity index (χ3n) is 2.23. The maximum atomic E-state index is 8.91. The van der Waals surface area contributed by atoms with Crippen molar-refractivity contribution in [3.63, 3.8) is 0 Å². The molecule has 0 spiro atoms. The van der Waals surface area contributed by atoms with Crippen LogP contribution in [0.25, 0.3) is 0 Å². The third-order valence-corrected chi connectivity index (χ3v) is 2.23. The molecule has 0 aromatic carbocycles. The molecule has 0 aliphatic heterocycles. The van der Waals surface area contributed by atoms with Gasteiger partial charge in [0, 0.05) is 12.2 Å². The number of hydrogen-bond donors (Lipinski definition) is 1. The molecule has 0 saturated heterocycles. The lowest BCUT2D eigenvalue weighted by atomic mass is 9.90. The molecule has 0 unspecified atom stereocenters. The Bertz CT molecular complexity index is 344. The van der Waals surface area contributed by atoms with E-state index in [1.165, 1.54) is 0 Å². The van der Waals surface area contributed by atoms with Crippen LogP contribution in [-0.4, -0.2) is 4.98 Å². The Balaban J connectivity index is 3.01. The van der Waals surface area contributed by atoms with E-state index in [9.17, 15) is 0 Å². The minimum absolute atomic E-state index is 0.0123. The molecule has 0 bridgehead atoms. The van der Waals surface area contributed by atoms with Gasteiger partial charge in [-0.25, -0.2) is 0 Å². The zero-order valence-corrected chi connectivity index (χ0v) is 8.78. The first-order chi connectivity index (χ1) is 6.47. The molecule has 3 heteroatoms. The SMILES string of the molecule is C[C@H](N)c1ccc(C(C)(C)C#N)nc1. The minimum atomic E-state index is -0.531. The van der Waals surface area contributed by atoms with Crippen LogP contribution >= 0.6 is 0 Å². The first-order valence-corrected chi connectivity index (χ1v) is 4.60. The lowest BCUT2D eigenvalue weighted by Crippen LogP contribution is -2.16. The Kier molecular flexibility index (Phi) is 2.87. The number of rotatable bonds is 2. The number of pyridine rings is 1. The highest BCUT2D eigenvalue weighted by molar-refractivity contribution is 5.26. The average molecular weight is 189 g/mol. The zero-order valence-electron chi connectivity index (χ0n) is 8.78. The van der Waals surface area contributed by atoms with Gasteiger partial charge in [-0.1, -0.05) is 6.07 Å². The topological polar surface area (TPSA) is 62.7 Å². The van der Waals surface area contributed by atoms with Gasteiger partial charge in [-0.05, 0) is 32.4 Å². The van der Waals surface area contributed by atoms with Crippen molar-refractivity contribution >= 4 is 0 Å². The molecule has 1 atom stereocenters. The summed E-state index contributed by atoms with van der Waals surface area (Å²) >= 11 is 0. The number of aromatic nitrogens is 1. The molecule has 1 rings (SSSR count). The van der Waals surface area contributed by atoms with E-state index < -0.39 is 5.41 Å². The Morgan fingerprint density at radius 1 is 1.50 bits per heavy atom. The number of nitriles is 1. The van der Waals surface area contributed by atoms with Crippen LogP contribution in [0.4, 0.5) is 0 Å². The van der Waals surface area contributed by atoms with Crippen molar-refractivity contribution in [3.05, 3.63) is 29.6 Å². The van der Waals surface area contributed by atoms with Gasteiger partial charge < -0.3 is 5.73 Å². The van der Waals surface area contributed by atoms with Crippen LogP contribution in [0.3, 0.4) is 0 Å². The smallest absolute Gasteiger partial charge is 0.0937 e. The number of nitrogens with two attached hydrogens (primary N) is 1. The van der Waals surface area contributed by atoms with E-state index in [2.05, 4.69) is 11.1 Å². The maximum Gasteiger partial charge on any atom is 0.0937 e. The fraction of sp³-hybridized carbons (Fsp3) is 0.455. The molecule has 1 aromatic rings. The Hall–Kier alpha value is -1.40. The minimum Gasteiger partial charge on any atom is -0.324 e. The van der Waals surface area contributed by atoms with Crippen molar-refractivity contribution in [2.45, 2.75) is 32.2 Å². The largest absolute Gasteiger partial charge is 0.324 e. The molecule has 0 radical (unpaired) electrons. The van der Waals surface area contributed by atoms with Crippen LogP contribution in [0, 0.1) is 11.3 Å². The van der Waals surface area contributed by atoms with E-state index in [1.54, 1.807) is 6.20 Å². The number of nitrogens with zero attached hydrogens (tertiary/aromatic N) is 2. The van der Waals surface area contributed by atoms with Gasteiger partial charge in [0.05, 0.1) is 17.2 Å². The van der Waals surface area contributed by atoms with Gasteiger partial charge in [-0.15, -0.1) is 0 Å². The van der Waals surface area contributed by atoms with E-state index in [0.29, 0.717) is 0 Å². The van der Waals surface area contributed by atoms with Crippen molar-refractivity contribution in [1.29, 1.82) is 5.26 Å². The Labute approximate surface area is 84.6 Å². The molecular weight excluding hydrogens is 174 g/mol. The van der Waals surface area contributed by atoms with Crippen LogP contribution in [0.2, 0.25) is 0 Å². The van der Waals surface area contributed by atoms with E-state index in [-0.39, 0.29) is 6.04 Å². The first kappa shape index (κ1) is 10.7. The van der Waals surface area contributed by atoms with E-state index in [0.717, 1.165) is 11.3 Å². The van der Waals surface area contributed by atoms with Gasteiger partial charge in [0.15, 0.2) is 0 Å². The summed E-state index contributed by atoms with van der Waals surface area (Å²) in [5.74, 6) is 0. The summed E-state index contributed by atoms with van der Waals surface area (Å²) < 4.78 is 0. The fourth-order valence-electron chi connectivity index (χ4n) is 1.10. The first-order valence-electron chi connectivity index (χ1n) is 4.60. The molecule has 0 aliphatic carbocycles. The summed E-state index contributed by atoms with van der Waals surface area (Å²) in [7, 11) is 0. The van der Waals surface area contributed by atoms with E-state index in [4.69, 9.17) is 11.0 Å². The summed E-state index contributed by atoms with van der Waals surface area (Å²) in [4.78, 5) is 4.24. The number of hydrogen-bond acceptors (Lipinski definition) is 3. The summed E-state index contributed by atoms with van der Waals surface area (Å²) in [6.07, 6.45) is 1.74. The average Bonchev–Trinajstić information content (AvgIpc) is 2.18. The highest BCUT2D eigenvalue weighted by atomic mass is 14.7. The van der Waals surface area contributed by atoms with Crippen molar-refractivity contribution in [1.82, 2.24) is 4.98 Å². The van der Waals surface area contributed by atoms with E-state index >= 15 is 0 Å². The standard InChI is InChI=1S/C11H15N3/c1-8(13)9-4-5-10(14-6-9)11(2,3)7-12/h4-6,8H,13H2,1-3H3/t8-/m0/s1. The second kappa shape index (κ2) is 3.77. The normalized spacial score (nSPS) is 13.4. The second-order valence-electron chi connectivity index (χ2n) is 4.00. The van der Waals surface area contributed by atoms with Crippen LogP contribution < -0.4 is 5.73 Å². The highest BCUT2D eigenvalue weighted by Gasteiger charge is 2.21. The molecular formula is C11H15N3. The summed E-state index contributed by atoms with van der Waals surface area (Å²) in [5.41, 5.74) is 6.94. The monoisotopic (exact) mass is 189 g/mol. The van der Waals surface area contributed by atoms with Crippen molar-refractivity contribution in [3.8, 4) is 6.07 Å². The lowest BCUT2D eigenvalue weighted by molar-refractivity contribution is 0.656. The predicted octanol–water partition coefficient (Wildman–Crippen LogP) is 1.90. The highest BCUT2D eigenvalue weighted by Crippen LogP contribution is 2.20. The van der Waals surface area contributed by atoms with Crippen molar-refractivity contribution in [2.75, 3.05) is 0 Å². The summed E-state index contributed by atoms with van der Waals surface area (Å²) in [5, 5.41) is 8.91. The predicted molar refractivity (Wildman–Crippen MR) is 55.5 cm³/mol. The van der Waals surface area contributed by atoms with Gasteiger partial charge in [0.1, 0.15) is 0 Å². The second-order valence-corrected chi connectivity index (χ2v) is 4.00. The van der Waals surface area contributed by atoms with Gasteiger partial charge in [-0.3, -0.25) is 4.98 Å². The van der Waals surface area contributed by atoms with Crippen LogP contribution in [0.5, 0.6) is 0 Å². The maximum absolute atomic E-state index is 8.91. The molecule has 14 heavy (non-hydrogen) atoms. The van der Waals surface area contributed by atoms with Gasteiger partial charge in [-0.2, -0.15) is 5.26 Å². The van der Waals surface area contributed by atoms with Gasteiger partial charge in [0.2, 0.25) is 0 Å². The fourth-order valence-corrected chi connectivity index (χ4v) is 1.10. The Morgan fingerprint density at radius 2 is 2.14 bits per heavy atom. The van der Waals surface area contributed by atoms with Crippen LogP contribution in [-0.2, 0) is 5.41 Å². The molecule has 1 aromatic heterocycles. The molecule has 2 N–H and O–H groups in total. The molecule has 0 amide bonds. The Morgan fingerprint density at radius 3 is 2.50 bits per heavy atom. The van der Waals surface area contributed by atoms with Gasteiger partial charge in [0.25, 0.3) is 0 Å². The summed E-state index contributed by atoms with van der Waals surface area (Å²) in [6, 6.07) is 5.99. The molecule has 0 saturated carbocycles. The molecule has 0 fully saturated rings. The quantitative estimate of drug-likeness (QED) is 0.772. The third kappa shape index (κ3) is 2.09. The molecule has 74 valence electrons. The molecule has 1 heterocycles. The van der Waals surface area contributed by atoms with E-state index in [1.807, 2.05) is 32.9 Å². The van der Waals surface area contributed by atoms with Crippen LogP contribution in [0.1, 0.15) is 38.1 Å². The van der Waals surface area contributed by atoms with Crippen molar-refractivity contribution in [2.24, 2.45) is 5.73 Å². The van der Waals surface area contributed by atoms with Crippen molar-refractivity contribution < 1.29 is 0 Å². The summed E-state index contributed by atoms with van der Waals surface area (Å²) in [6.45, 7) is 5.61. The molecule has 3 nitrogen and oxygen atoms in total. The molecule has 0 aliphatic rings. The lowest BCUT2D eigenvalue weighted by Gasteiger charge is -2.15. The van der Waals surface area contributed by atoms with Crippen LogP contribution in [0.15, 0.2) is 18.3 Å². The zero-order chi connectivity index (χ0) is 10.8. The van der Waals surface area contributed by atoms with Gasteiger partial charge >= 0.3 is 0 Å².